The fraction of sp³-hybridized carbons (Fsp3) is 0.154. The van der Waals surface area contributed by atoms with E-state index in [1.807, 2.05) is 31.3 Å². The van der Waals surface area contributed by atoms with Crippen molar-refractivity contribution in [3.05, 3.63) is 42.6 Å². The van der Waals surface area contributed by atoms with Gasteiger partial charge < -0.3 is 15.6 Å². The van der Waals surface area contributed by atoms with Gasteiger partial charge in [0.1, 0.15) is 11.6 Å². The van der Waals surface area contributed by atoms with Crippen molar-refractivity contribution in [2.45, 2.75) is 6.54 Å². The Kier molecular flexibility index (Phi) is 3.07. The number of aromatic nitrogens is 4. The molecule has 0 aliphatic carbocycles. The summed E-state index contributed by atoms with van der Waals surface area (Å²) < 4.78 is 0. The van der Waals surface area contributed by atoms with Gasteiger partial charge in [-0.05, 0) is 31.3 Å². The molecule has 0 radical (unpaired) electrons. The maximum Gasteiger partial charge on any atom is 0.144 e. The normalized spacial score (nSPS) is 10.8. The topological polar surface area (TPSA) is 78.5 Å². The van der Waals surface area contributed by atoms with E-state index in [0.717, 1.165) is 28.4 Å². The quantitative estimate of drug-likeness (QED) is 0.662. The van der Waals surface area contributed by atoms with Gasteiger partial charge in [0.25, 0.3) is 0 Å². The highest BCUT2D eigenvalue weighted by molar-refractivity contribution is 5.79. The van der Waals surface area contributed by atoms with E-state index in [4.69, 9.17) is 0 Å². The molecule has 3 aromatic rings. The molecule has 96 valence electrons. The lowest BCUT2D eigenvalue weighted by Gasteiger charge is -2.06. The van der Waals surface area contributed by atoms with E-state index in [1.165, 1.54) is 0 Å². The van der Waals surface area contributed by atoms with Crippen LogP contribution in [0.5, 0.6) is 0 Å². The molecule has 6 nitrogen and oxygen atoms in total. The molecule has 3 N–H and O–H groups in total. The van der Waals surface area contributed by atoms with Gasteiger partial charge in [-0.2, -0.15) is 0 Å². The smallest absolute Gasteiger partial charge is 0.144 e. The summed E-state index contributed by atoms with van der Waals surface area (Å²) in [4.78, 5) is 15.9. The third-order valence-corrected chi connectivity index (χ3v) is 2.73. The second-order valence-corrected chi connectivity index (χ2v) is 4.15. The molecule has 19 heavy (non-hydrogen) atoms. The van der Waals surface area contributed by atoms with Crippen molar-refractivity contribution in [2.24, 2.45) is 0 Å². The van der Waals surface area contributed by atoms with Gasteiger partial charge >= 0.3 is 0 Å². The van der Waals surface area contributed by atoms with Crippen molar-refractivity contribution in [3.8, 4) is 0 Å². The number of aromatic amines is 1. The highest BCUT2D eigenvalue weighted by atomic mass is 15.0. The number of rotatable bonds is 4. The molecule has 0 aliphatic rings. The minimum absolute atomic E-state index is 0.648. The molecule has 0 saturated heterocycles. The number of hydrogen-bond acceptors (Lipinski definition) is 5. The van der Waals surface area contributed by atoms with Crippen molar-refractivity contribution < 1.29 is 0 Å². The molecular weight excluding hydrogens is 240 g/mol. The number of nitrogens with one attached hydrogen (secondary N) is 3. The Hall–Kier alpha value is -2.47. The van der Waals surface area contributed by atoms with Crippen molar-refractivity contribution in [3.63, 3.8) is 0 Å². The van der Waals surface area contributed by atoms with Crippen LogP contribution in [0, 0.1) is 0 Å². The Morgan fingerprint density at radius 2 is 2.16 bits per heavy atom. The monoisotopic (exact) mass is 254 g/mol. The zero-order valence-corrected chi connectivity index (χ0v) is 10.5. The van der Waals surface area contributed by atoms with Crippen molar-refractivity contribution in [1.29, 1.82) is 0 Å². The Balaban J connectivity index is 1.85. The van der Waals surface area contributed by atoms with Gasteiger partial charge in [-0.15, -0.1) is 0 Å². The molecule has 0 amide bonds. The van der Waals surface area contributed by atoms with Gasteiger partial charge in [0.2, 0.25) is 0 Å². The largest absolute Gasteiger partial charge is 0.345 e. The molecular formula is C13H14N6. The Bertz CT molecular complexity index is 690. The van der Waals surface area contributed by atoms with Gasteiger partial charge in [-0.1, -0.05) is 0 Å². The van der Waals surface area contributed by atoms with Crippen LogP contribution in [0.4, 0.5) is 11.5 Å². The number of nitrogens with zero attached hydrogens (tertiary/aromatic N) is 3. The van der Waals surface area contributed by atoms with E-state index in [9.17, 15) is 0 Å². The van der Waals surface area contributed by atoms with Gasteiger partial charge in [0, 0.05) is 11.9 Å². The zero-order chi connectivity index (χ0) is 13.1. The van der Waals surface area contributed by atoms with Crippen LogP contribution < -0.4 is 10.6 Å². The van der Waals surface area contributed by atoms with Crippen LogP contribution in [0.1, 0.15) is 5.82 Å². The molecule has 6 heteroatoms. The number of benzene rings is 1. The minimum atomic E-state index is 0.648. The first kappa shape index (κ1) is 11.6. The van der Waals surface area contributed by atoms with Crippen LogP contribution in [0.2, 0.25) is 0 Å². The SMILES string of the molecule is CNCc1nccc(Nc2ccc3nc[nH]c3c2)n1. The number of H-pyrrole nitrogens is 1. The van der Waals surface area contributed by atoms with Gasteiger partial charge in [-0.25, -0.2) is 15.0 Å². The zero-order valence-electron chi connectivity index (χ0n) is 10.5. The standard InChI is InChI=1S/C13H14N6/c1-14-7-13-15-5-4-12(19-13)18-9-2-3-10-11(6-9)17-8-16-10/h2-6,8,14H,7H2,1H3,(H,16,17)(H,15,18,19). The van der Waals surface area contributed by atoms with E-state index in [1.54, 1.807) is 12.5 Å². The summed E-state index contributed by atoms with van der Waals surface area (Å²) in [5.41, 5.74) is 2.91. The second-order valence-electron chi connectivity index (χ2n) is 4.15. The molecule has 3 rings (SSSR count). The summed E-state index contributed by atoms with van der Waals surface area (Å²) in [5.74, 6) is 1.54. The molecule has 0 unspecified atom stereocenters. The highest BCUT2D eigenvalue weighted by Crippen LogP contribution is 2.18. The number of anilines is 2. The van der Waals surface area contributed by atoms with Crippen LogP contribution in [0.25, 0.3) is 11.0 Å². The minimum Gasteiger partial charge on any atom is -0.345 e. The van der Waals surface area contributed by atoms with Gasteiger partial charge in [0.15, 0.2) is 0 Å². The third-order valence-electron chi connectivity index (χ3n) is 2.73. The fourth-order valence-corrected chi connectivity index (χ4v) is 1.87. The number of hydrogen-bond donors (Lipinski definition) is 3. The molecule has 1 aromatic carbocycles. The third kappa shape index (κ3) is 2.53. The van der Waals surface area contributed by atoms with Crippen molar-refractivity contribution in [2.75, 3.05) is 12.4 Å². The summed E-state index contributed by atoms with van der Waals surface area (Å²) in [6.07, 6.45) is 3.43. The lowest BCUT2D eigenvalue weighted by atomic mass is 10.3. The van der Waals surface area contributed by atoms with E-state index in [-0.39, 0.29) is 0 Å². The van der Waals surface area contributed by atoms with Crippen LogP contribution in [-0.4, -0.2) is 27.0 Å². The lowest BCUT2D eigenvalue weighted by molar-refractivity contribution is 0.759. The van der Waals surface area contributed by atoms with E-state index < -0.39 is 0 Å². The molecule has 0 aliphatic heterocycles. The molecule has 0 saturated carbocycles. The van der Waals surface area contributed by atoms with Crippen LogP contribution in [0.3, 0.4) is 0 Å². The van der Waals surface area contributed by atoms with Crippen LogP contribution in [-0.2, 0) is 6.54 Å². The maximum absolute atomic E-state index is 4.41. The molecule has 2 aromatic heterocycles. The first-order valence-electron chi connectivity index (χ1n) is 6.02. The maximum atomic E-state index is 4.41. The lowest BCUT2D eigenvalue weighted by Crippen LogP contribution is -2.09. The van der Waals surface area contributed by atoms with Crippen LogP contribution in [0.15, 0.2) is 36.8 Å². The summed E-state index contributed by atoms with van der Waals surface area (Å²) in [6.45, 7) is 0.648. The Morgan fingerprint density at radius 1 is 1.21 bits per heavy atom. The molecule has 0 spiro atoms. The number of fused-ring (bicyclic) bond motifs is 1. The van der Waals surface area contributed by atoms with E-state index in [2.05, 4.69) is 30.6 Å². The van der Waals surface area contributed by atoms with Crippen LogP contribution >= 0.6 is 0 Å². The van der Waals surface area contributed by atoms with Crippen molar-refractivity contribution in [1.82, 2.24) is 25.3 Å². The molecule has 2 heterocycles. The number of imidazole rings is 1. The highest BCUT2D eigenvalue weighted by Gasteiger charge is 2.01. The van der Waals surface area contributed by atoms with E-state index in [0.29, 0.717) is 6.54 Å². The molecule has 0 fully saturated rings. The van der Waals surface area contributed by atoms with Crippen molar-refractivity contribution >= 4 is 22.5 Å². The summed E-state index contributed by atoms with van der Waals surface area (Å²) in [6, 6.07) is 7.78. The average molecular weight is 254 g/mol. The van der Waals surface area contributed by atoms with Gasteiger partial charge in [-0.3, -0.25) is 0 Å². The van der Waals surface area contributed by atoms with E-state index >= 15 is 0 Å². The fourth-order valence-electron chi connectivity index (χ4n) is 1.87. The summed E-state index contributed by atoms with van der Waals surface area (Å²) in [5, 5.41) is 6.29. The second kappa shape index (κ2) is 5.03. The molecule has 0 atom stereocenters. The Labute approximate surface area is 110 Å². The predicted molar refractivity (Wildman–Crippen MR) is 74.2 cm³/mol. The first-order valence-corrected chi connectivity index (χ1v) is 6.02. The predicted octanol–water partition coefficient (Wildman–Crippen LogP) is 1.82. The average Bonchev–Trinajstić information content (AvgIpc) is 2.87. The first-order chi connectivity index (χ1) is 9.35. The Morgan fingerprint density at radius 3 is 3.05 bits per heavy atom. The molecule has 0 bridgehead atoms. The summed E-state index contributed by atoms with van der Waals surface area (Å²) in [7, 11) is 1.87. The summed E-state index contributed by atoms with van der Waals surface area (Å²) >= 11 is 0. The van der Waals surface area contributed by atoms with Gasteiger partial charge in [0.05, 0.1) is 23.9 Å².